The molecule has 0 aliphatic carbocycles. The Morgan fingerprint density at radius 2 is 1.80 bits per heavy atom. The molecule has 0 saturated heterocycles. The number of fused-ring (bicyclic) bond motifs is 2. The number of nitrogens with zero attached hydrogens (tertiary/aromatic N) is 3. The predicted molar refractivity (Wildman–Crippen MR) is 98.1 cm³/mol. The number of aromatic nitrogens is 4. The van der Waals surface area contributed by atoms with Crippen LogP contribution in [0.2, 0.25) is 0 Å². The first-order valence-electron chi connectivity index (χ1n) is 8.09. The number of benzene rings is 1. The van der Waals surface area contributed by atoms with Crippen molar-refractivity contribution in [2.75, 3.05) is 0 Å². The first kappa shape index (κ1) is 16.6. The number of pyridine rings is 2. The molecule has 0 saturated carbocycles. The lowest BCUT2D eigenvalue weighted by Gasteiger charge is -2.10. The van der Waals surface area contributed by atoms with E-state index in [1.165, 1.54) is 0 Å². The third-order valence-electron chi connectivity index (χ3n) is 3.55. The largest absolute Gasteiger partial charge is 0.454 e. The highest BCUT2D eigenvalue weighted by atomic mass is 16.5. The van der Waals surface area contributed by atoms with Crippen molar-refractivity contribution < 1.29 is 4.74 Å². The maximum absolute atomic E-state index is 11.7. The standard InChI is InChI=1S/C17H12N4O2.C2H6/c1-10-17(22)21-16-15(20-10)14(7-9-19-16)23-13-6-2-5-12-11(13)4-3-8-18-12;1-2/h2-9H,1H3,(H,19,21,22);1-2H3. The van der Waals surface area contributed by atoms with Gasteiger partial charge < -0.3 is 9.72 Å². The fourth-order valence-electron chi connectivity index (χ4n) is 2.42. The molecule has 126 valence electrons. The number of aromatic amines is 1. The van der Waals surface area contributed by atoms with Crippen molar-refractivity contribution >= 4 is 22.1 Å². The zero-order chi connectivity index (χ0) is 17.8. The van der Waals surface area contributed by atoms with Crippen LogP contribution in [0.1, 0.15) is 19.5 Å². The van der Waals surface area contributed by atoms with Crippen LogP contribution in [0.3, 0.4) is 0 Å². The molecular formula is C19H18N4O2. The molecule has 0 aliphatic rings. The van der Waals surface area contributed by atoms with Gasteiger partial charge in [0.15, 0.2) is 11.4 Å². The summed E-state index contributed by atoms with van der Waals surface area (Å²) >= 11 is 0. The second-order valence-corrected chi connectivity index (χ2v) is 5.09. The molecule has 3 aromatic heterocycles. The Balaban J connectivity index is 0.000000880. The summed E-state index contributed by atoms with van der Waals surface area (Å²) in [4.78, 5) is 27.1. The Hall–Kier alpha value is -3.28. The molecule has 0 spiro atoms. The van der Waals surface area contributed by atoms with Crippen molar-refractivity contribution in [3.05, 3.63) is 64.8 Å². The highest BCUT2D eigenvalue weighted by molar-refractivity contribution is 5.86. The van der Waals surface area contributed by atoms with Crippen molar-refractivity contribution in [1.82, 2.24) is 19.9 Å². The first-order valence-corrected chi connectivity index (χ1v) is 8.09. The van der Waals surface area contributed by atoms with Crippen LogP contribution in [0, 0.1) is 6.92 Å². The summed E-state index contributed by atoms with van der Waals surface area (Å²) in [5.41, 5.74) is 1.88. The van der Waals surface area contributed by atoms with E-state index in [0.717, 1.165) is 10.9 Å². The quantitative estimate of drug-likeness (QED) is 0.599. The van der Waals surface area contributed by atoms with Gasteiger partial charge in [0.25, 0.3) is 5.56 Å². The highest BCUT2D eigenvalue weighted by Crippen LogP contribution is 2.31. The predicted octanol–water partition coefficient (Wildman–Crippen LogP) is 3.99. The van der Waals surface area contributed by atoms with Crippen LogP contribution in [0.15, 0.2) is 53.6 Å². The van der Waals surface area contributed by atoms with Crippen molar-refractivity contribution in [2.24, 2.45) is 0 Å². The number of H-pyrrole nitrogens is 1. The molecule has 0 aliphatic heterocycles. The van der Waals surface area contributed by atoms with Crippen molar-refractivity contribution in [2.45, 2.75) is 20.8 Å². The van der Waals surface area contributed by atoms with Crippen LogP contribution in [0.25, 0.3) is 22.1 Å². The van der Waals surface area contributed by atoms with E-state index in [-0.39, 0.29) is 5.56 Å². The Morgan fingerprint density at radius 1 is 0.960 bits per heavy atom. The summed E-state index contributed by atoms with van der Waals surface area (Å²) in [5, 5.41) is 0.904. The molecular weight excluding hydrogens is 316 g/mol. The summed E-state index contributed by atoms with van der Waals surface area (Å²) in [5.74, 6) is 1.21. The fraction of sp³-hybridized carbons (Fsp3) is 0.158. The maximum Gasteiger partial charge on any atom is 0.270 e. The van der Waals surface area contributed by atoms with E-state index < -0.39 is 0 Å². The first-order chi connectivity index (χ1) is 12.2. The van der Waals surface area contributed by atoms with Gasteiger partial charge in [0.05, 0.1) is 5.52 Å². The van der Waals surface area contributed by atoms with Gasteiger partial charge in [-0.15, -0.1) is 0 Å². The highest BCUT2D eigenvalue weighted by Gasteiger charge is 2.10. The van der Waals surface area contributed by atoms with Crippen molar-refractivity contribution in [3.63, 3.8) is 0 Å². The van der Waals surface area contributed by atoms with E-state index in [2.05, 4.69) is 19.9 Å². The van der Waals surface area contributed by atoms with Gasteiger partial charge in [-0.1, -0.05) is 19.9 Å². The monoisotopic (exact) mass is 334 g/mol. The molecule has 0 amide bonds. The molecule has 4 aromatic rings. The normalized spacial score (nSPS) is 10.4. The van der Waals surface area contributed by atoms with E-state index in [0.29, 0.717) is 28.4 Å². The van der Waals surface area contributed by atoms with Gasteiger partial charge in [-0.25, -0.2) is 9.97 Å². The molecule has 0 fully saturated rings. The van der Waals surface area contributed by atoms with Crippen molar-refractivity contribution in [1.29, 1.82) is 0 Å². The lowest BCUT2D eigenvalue weighted by Crippen LogP contribution is -2.12. The second kappa shape index (κ2) is 7.09. The van der Waals surface area contributed by atoms with Crippen LogP contribution < -0.4 is 10.3 Å². The van der Waals surface area contributed by atoms with Crippen LogP contribution in [-0.4, -0.2) is 19.9 Å². The van der Waals surface area contributed by atoms with Gasteiger partial charge in [-0.05, 0) is 31.2 Å². The maximum atomic E-state index is 11.7. The van der Waals surface area contributed by atoms with Gasteiger partial charge >= 0.3 is 0 Å². The SMILES string of the molecule is CC.Cc1nc2c(Oc3cccc4ncccc34)ccnc2[nH]c1=O. The molecule has 1 aromatic carbocycles. The van der Waals surface area contributed by atoms with E-state index in [1.54, 1.807) is 25.4 Å². The van der Waals surface area contributed by atoms with Gasteiger partial charge in [0, 0.05) is 23.8 Å². The molecule has 6 heteroatoms. The minimum absolute atomic E-state index is 0.253. The molecule has 6 nitrogen and oxygen atoms in total. The lowest BCUT2D eigenvalue weighted by molar-refractivity contribution is 0.492. The van der Waals surface area contributed by atoms with Crippen molar-refractivity contribution in [3.8, 4) is 11.5 Å². The molecule has 3 heterocycles. The van der Waals surface area contributed by atoms with Gasteiger partial charge in [-0.2, -0.15) is 0 Å². The summed E-state index contributed by atoms with van der Waals surface area (Å²) < 4.78 is 6.04. The second-order valence-electron chi connectivity index (χ2n) is 5.09. The van der Waals surface area contributed by atoms with Crippen LogP contribution in [0.4, 0.5) is 0 Å². The zero-order valence-electron chi connectivity index (χ0n) is 14.3. The van der Waals surface area contributed by atoms with Gasteiger partial charge in [-0.3, -0.25) is 9.78 Å². The average Bonchev–Trinajstić information content (AvgIpc) is 2.65. The number of ether oxygens (including phenoxy) is 1. The Bertz CT molecular complexity index is 1080. The molecule has 0 radical (unpaired) electrons. The number of hydrogen-bond acceptors (Lipinski definition) is 5. The Morgan fingerprint density at radius 3 is 2.64 bits per heavy atom. The number of hydrogen-bond donors (Lipinski definition) is 1. The number of rotatable bonds is 2. The molecule has 0 atom stereocenters. The summed E-state index contributed by atoms with van der Waals surface area (Å²) in [6.07, 6.45) is 3.32. The molecule has 0 unspecified atom stereocenters. The Labute approximate surface area is 144 Å². The minimum atomic E-state index is -0.253. The fourth-order valence-corrected chi connectivity index (χ4v) is 2.42. The topological polar surface area (TPSA) is 80.8 Å². The molecule has 0 bridgehead atoms. The zero-order valence-corrected chi connectivity index (χ0v) is 14.3. The van der Waals surface area contributed by atoms with E-state index >= 15 is 0 Å². The van der Waals surface area contributed by atoms with E-state index in [1.807, 2.05) is 44.2 Å². The third-order valence-corrected chi connectivity index (χ3v) is 3.55. The summed E-state index contributed by atoms with van der Waals surface area (Å²) in [7, 11) is 0. The van der Waals surface area contributed by atoms with Gasteiger partial charge in [0.1, 0.15) is 17.0 Å². The van der Waals surface area contributed by atoms with Crippen LogP contribution >= 0.6 is 0 Å². The average molecular weight is 334 g/mol. The molecule has 4 rings (SSSR count). The van der Waals surface area contributed by atoms with E-state index in [9.17, 15) is 4.79 Å². The van der Waals surface area contributed by atoms with E-state index in [4.69, 9.17) is 4.74 Å². The smallest absolute Gasteiger partial charge is 0.270 e. The van der Waals surface area contributed by atoms with Crippen LogP contribution in [0.5, 0.6) is 11.5 Å². The number of nitrogens with one attached hydrogen (secondary N) is 1. The summed E-state index contributed by atoms with van der Waals surface area (Å²) in [6, 6.07) is 11.2. The molecule has 25 heavy (non-hydrogen) atoms. The van der Waals surface area contributed by atoms with Gasteiger partial charge in [0.2, 0.25) is 0 Å². The minimum Gasteiger partial charge on any atom is -0.454 e. The number of aryl methyl sites for hydroxylation is 1. The lowest BCUT2D eigenvalue weighted by atomic mass is 10.2. The molecule has 1 N–H and O–H groups in total. The summed E-state index contributed by atoms with van der Waals surface area (Å²) in [6.45, 7) is 5.65. The third kappa shape index (κ3) is 3.19. The van der Waals surface area contributed by atoms with Crippen LogP contribution in [-0.2, 0) is 0 Å². The Kier molecular flexibility index (Phi) is 4.70.